The van der Waals surface area contributed by atoms with Crippen LogP contribution in [0.2, 0.25) is 5.02 Å². The first-order valence-electron chi connectivity index (χ1n) is 10.7. The lowest BCUT2D eigenvalue weighted by molar-refractivity contribution is -0.146. The number of amides is 1. The van der Waals surface area contributed by atoms with Crippen LogP contribution in [0.15, 0.2) is 72.8 Å². The van der Waals surface area contributed by atoms with E-state index in [9.17, 15) is 14.4 Å². The highest BCUT2D eigenvalue weighted by molar-refractivity contribution is 7.21. The Morgan fingerprint density at radius 2 is 1.53 bits per heavy atom. The van der Waals surface area contributed by atoms with Crippen molar-refractivity contribution in [3.63, 3.8) is 0 Å². The molecule has 3 aromatic carbocycles. The van der Waals surface area contributed by atoms with Crippen molar-refractivity contribution in [2.24, 2.45) is 0 Å². The van der Waals surface area contributed by atoms with Crippen LogP contribution in [-0.4, -0.2) is 24.2 Å². The van der Waals surface area contributed by atoms with Gasteiger partial charge in [-0.05, 0) is 19.9 Å². The lowest BCUT2D eigenvalue weighted by atomic mass is 9.98. The smallest absolute Gasteiger partial charge is 0.326 e. The van der Waals surface area contributed by atoms with Crippen LogP contribution in [0.5, 0.6) is 0 Å². The number of ketones is 1. The van der Waals surface area contributed by atoms with Crippen molar-refractivity contribution in [2.75, 3.05) is 6.54 Å². The summed E-state index contributed by atoms with van der Waals surface area (Å²) in [6, 6.07) is 21.7. The minimum Gasteiger partial charge on any atom is -0.448 e. The highest BCUT2D eigenvalue weighted by atomic mass is 35.5. The number of ether oxygens (including phenoxy) is 1. The van der Waals surface area contributed by atoms with E-state index < -0.39 is 24.5 Å². The zero-order valence-corrected chi connectivity index (χ0v) is 20.2. The van der Waals surface area contributed by atoms with Crippen LogP contribution in [0.4, 0.5) is 0 Å². The maximum atomic E-state index is 13.2. The Hall–Kier alpha value is -3.48. The Balaban J connectivity index is 1.49. The van der Waals surface area contributed by atoms with Crippen LogP contribution in [-0.2, 0) is 9.53 Å². The second-order valence-corrected chi connectivity index (χ2v) is 9.37. The third-order valence-electron chi connectivity index (χ3n) is 5.34. The third-order valence-corrected chi connectivity index (χ3v) is 7.01. The predicted molar refractivity (Wildman–Crippen MR) is 135 cm³/mol. The molecule has 172 valence electrons. The molecule has 0 aliphatic rings. The van der Waals surface area contributed by atoms with E-state index in [0.29, 0.717) is 21.0 Å². The van der Waals surface area contributed by atoms with Gasteiger partial charge in [0.25, 0.3) is 5.91 Å². The number of fused-ring (bicyclic) bond motifs is 1. The number of hydrogen-bond donors (Lipinski definition) is 1. The standard InChI is InChI=1S/C27H22ClNO4S/c1-16-7-11-18(12-8-16)24(31)25(19-13-9-17(2)10-14-19)33-22(30)15-29-27(32)26-23(28)20-5-3-4-6-21(20)34-26/h3-14,25H,15H2,1-2H3,(H,29,32)/t25-/m1/s1. The van der Waals surface area contributed by atoms with E-state index in [1.165, 1.54) is 11.3 Å². The second kappa shape index (κ2) is 10.2. The molecule has 1 N–H and O–H groups in total. The number of rotatable bonds is 7. The van der Waals surface area contributed by atoms with Crippen LogP contribution >= 0.6 is 22.9 Å². The molecule has 1 amide bonds. The summed E-state index contributed by atoms with van der Waals surface area (Å²) in [5.41, 5.74) is 3.03. The monoisotopic (exact) mass is 491 g/mol. The van der Waals surface area contributed by atoms with Gasteiger partial charge >= 0.3 is 5.97 Å². The zero-order chi connectivity index (χ0) is 24.2. The number of nitrogens with one attached hydrogen (secondary N) is 1. The van der Waals surface area contributed by atoms with Crippen molar-refractivity contribution in [1.82, 2.24) is 5.32 Å². The molecule has 0 fully saturated rings. The normalized spacial score (nSPS) is 11.7. The fraction of sp³-hybridized carbons (Fsp3) is 0.148. The molecule has 7 heteroatoms. The molecule has 0 radical (unpaired) electrons. The third kappa shape index (κ3) is 5.19. The Labute approximate surface area is 206 Å². The second-order valence-electron chi connectivity index (χ2n) is 7.93. The Bertz CT molecular complexity index is 1360. The van der Waals surface area contributed by atoms with Crippen molar-refractivity contribution in [3.8, 4) is 0 Å². The average molecular weight is 492 g/mol. The summed E-state index contributed by atoms with van der Waals surface area (Å²) < 4.78 is 6.44. The molecule has 0 aliphatic carbocycles. The van der Waals surface area contributed by atoms with Crippen LogP contribution in [0, 0.1) is 13.8 Å². The number of thiophene rings is 1. The van der Waals surface area contributed by atoms with Gasteiger partial charge in [-0.1, -0.05) is 89.5 Å². The fourth-order valence-corrected chi connectivity index (χ4v) is 4.88. The van der Waals surface area contributed by atoms with Gasteiger partial charge < -0.3 is 10.1 Å². The summed E-state index contributed by atoms with van der Waals surface area (Å²) >= 11 is 7.60. The highest BCUT2D eigenvalue weighted by Gasteiger charge is 2.27. The van der Waals surface area contributed by atoms with Gasteiger partial charge in [0.1, 0.15) is 11.4 Å². The number of benzene rings is 3. The average Bonchev–Trinajstić information content (AvgIpc) is 3.18. The lowest BCUT2D eigenvalue weighted by Crippen LogP contribution is -2.32. The number of esters is 1. The first kappa shape index (κ1) is 23.7. The fourth-order valence-electron chi connectivity index (χ4n) is 3.45. The molecule has 0 saturated heterocycles. The van der Waals surface area contributed by atoms with Crippen LogP contribution in [0.3, 0.4) is 0 Å². The molecular formula is C27H22ClNO4S. The van der Waals surface area contributed by atoms with Gasteiger partial charge in [-0.15, -0.1) is 11.3 Å². The number of aryl methyl sites for hydroxylation is 2. The SMILES string of the molecule is Cc1ccc(C(=O)[C@H](OC(=O)CNC(=O)c2sc3ccccc3c2Cl)c2ccc(C)cc2)cc1. The van der Waals surface area contributed by atoms with Crippen molar-refractivity contribution < 1.29 is 19.1 Å². The minimum atomic E-state index is -1.12. The number of Topliss-reactive ketones (excluding diaryl/α,β-unsaturated/α-hetero) is 1. The summed E-state index contributed by atoms with van der Waals surface area (Å²) in [6.45, 7) is 3.46. The van der Waals surface area contributed by atoms with Crippen molar-refractivity contribution in [3.05, 3.63) is 105 Å². The van der Waals surface area contributed by atoms with Crippen molar-refractivity contribution in [2.45, 2.75) is 20.0 Å². The minimum absolute atomic E-state index is 0.321. The molecule has 1 heterocycles. The highest BCUT2D eigenvalue weighted by Crippen LogP contribution is 2.35. The molecule has 0 bridgehead atoms. The predicted octanol–water partition coefficient (Wildman–Crippen LogP) is 6.07. The van der Waals surface area contributed by atoms with Gasteiger partial charge in [-0.25, -0.2) is 0 Å². The van der Waals surface area contributed by atoms with Gasteiger partial charge in [0.05, 0.1) is 5.02 Å². The quantitative estimate of drug-likeness (QED) is 0.251. The Kier molecular flexibility index (Phi) is 7.10. The van der Waals surface area contributed by atoms with E-state index in [2.05, 4.69) is 5.32 Å². The molecule has 4 rings (SSSR count). The first-order chi connectivity index (χ1) is 16.3. The number of halogens is 1. The topological polar surface area (TPSA) is 72.5 Å². The van der Waals surface area contributed by atoms with Gasteiger partial charge in [0.2, 0.25) is 5.78 Å². The largest absolute Gasteiger partial charge is 0.448 e. The number of hydrogen-bond acceptors (Lipinski definition) is 5. The Morgan fingerprint density at radius 1 is 0.912 bits per heavy atom. The molecule has 34 heavy (non-hydrogen) atoms. The molecule has 0 unspecified atom stereocenters. The van der Waals surface area contributed by atoms with E-state index in [1.54, 1.807) is 24.3 Å². The molecular weight excluding hydrogens is 470 g/mol. The van der Waals surface area contributed by atoms with E-state index in [0.717, 1.165) is 21.2 Å². The van der Waals surface area contributed by atoms with Gasteiger partial charge in [0, 0.05) is 21.2 Å². The van der Waals surface area contributed by atoms with Crippen molar-refractivity contribution >= 4 is 50.7 Å². The first-order valence-corrected chi connectivity index (χ1v) is 11.8. The van der Waals surface area contributed by atoms with Crippen LogP contribution < -0.4 is 5.32 Å². The zero-order valence-electron chi connectivity index (χ0n) is 18.6. The van der Waals surface area contributed by atoms with E-state index in [-0.39, 0.29) is 5.78 Å². The van der Waals surface area contributed by atoms with E-state index in [1.807, 2.05) is 62.4 Å². The molecule has 0 aliphatic heterocycles. The van der Waals surface area contributed by atoms with Gasteiger partial charge in [0.15, 0.2) is 6.10 Å². The van der Waals surface area contributed by atoms with Gasteiger partial charge in [-0.2, -0.15) is 0 Å². The lowest BCUT2D eigenvalue weighted by Gasteiger charge is -2.18. The number of carbonyl (C=O) groups is 3. The van der Waals surface area contributed by atoms with Crippen LogP contribution in [0.1, 0.15) is 42.8 Å². The van der Waals surface area contributed by atoms with Crippen LogP contribution in [0.25, 0.3) is 10.1 Å². The van der Waals surface area contributed by atoms with Gasteiger partial charge in [-0.3, -0.25) is 14.4 Å². The molecule has 5 nitrogen and oxygen atoms in total. The molecule has 1 atom stereocenters. The molecule has 0 saturated carbocycles. The maximum Gasteiger partial charge on any atom is 0.326 e. The number of carbonyl (C=O) groups excluding carboxylic acids is 3. The summed E-state index contributed by atoms with van der Waals surface area (Å²) in [4.78, 5) is 38.8. The van der Waals surface area contributed by atoms with E-state index >= 15 is 0 Å². The molecule has 0 spiro atoms. The summed E-state index contributed by atoms with van der Waals surface area (Å²) in [5.74, 6) is -1.53. The molecule has 1 aromatic heterocycles. The summed E-state index contributed by atoms with van der Waals surface area (Å²) in [6.07, 6.45) is -1.12. The summed E-state index contributed by atoms with van der Waals surface area (Å²) in [7, 11) is 0. The van der Waals surface area contributed by atoms with Crippen molar-refractivity contribution in [1.29, 1.82) is 0 Å². The maximum absolute atomic E-state index is 13.2. The summed E-state index contributed by atoms with van der Waals surface area (Å²) in [5, 5.41) is 3.68. The van der Waals surface area contributed by atoms with E-state index in [4.69, 9.17) is 16.3 Å². The Morgan fingerprint density at radius 3 is 2.18 bits per heavy atom. The molecule has 4 aromatic rings.